The van der Waals surface area contributed by atoms with E-state index in [-0.39, 0.29) is 29.3 Å². The van der Waals surface area contributed by atoms with Crippen LogP contribution in [0.25, 0.3) is 0 Å². The van der Waals surface area contributed by atoms with Crippen molar-refractivity contribution in [2.75, 3.05) is 4.90 Å². The number of carboxylic acids is 1. The number of azo groups is 1. The summed E-state index contributed by atoms with van der Waals surface area (Å²) < 4.78 is 0. The lowest BCUT2D eigenvalue weighted by atomic mass is 10.1. The van der Waals surface area contributed by atoms with Crippen molar-refractivity contribution in [1.82, 2.24) is 15.2 Å². The van der Waals surface area contributed by atoms with E-state index in [1.165, 1.54) is 6.33 Å². The molecule has 23 heavy (non-hydrogen) atoms. The molecule has 8 heteroatoms. The average molecular weight is 316 g/mol. The lowest BCUT2D eigenvalue weighted by Crippen LogP contribution is -2.37. The van der Waals surface area contributed by atoms with E-state index in [0.29, 0.717) is 0 Å². The number of aromatic amines is 1. The van der Waals surface area contributed by atoms with Crippen LogP contribution in [0.4, 0.5) is 17.3 Å². The fraction of sp³-hybridized carbons (Fsp3) is 0.400. The van der Waals surface area contributed by atoms with Crippen molar-refractivity contribution >= 4 is 23.3 Å². The Hall–Kier alpha value is -2.77. The summed E-state index contributed by atoms with van der Waals surface area (Å²) in [7, 11) is 0. The maximum absolute atomic E-state index is 11.5. The van der Waals surface area contributed by atoms with Gasteiger partial charge in [0.1, 0.15) is 12.0 Å². The number of carboxylic acid groups (broad SMARTS) is 1. The predicted molar refractivity (Wildman–Crippen MR) is 86.7 cm³/mol. The number of anilines is 1. The van der Waals surface area contributed by atoms with Crippen molar-refractivity contribution in [1.29, 1.82) is 0 Å². The van der Waals surface area contributed by atoms with Crippen LogP contribution in [-0.2, 0) is 0 Å². The van der Waals surface area contributed by atoms with Gasteiger partial charge in [0.15, 0.2) is 0 Å². The van der Waals surface area contributed by atoms with Crippen LogP contribution in [0.2, 0.25) is 0 Å². The third kappa shape index (κ3) is 3.91. The number of benzene rings is 1. The van der Waals surface area contributed by atoms with Crippen molar-refractivity contribution in [3.05, 3.63) is 30.1 Å². The summed E-state index contributed by atoms with van der Waals surface area (Å²) in [5, 5.41) is 23.4. The molecular weight excluding hydrogens is 296 g/mol. The second kappa shape index (κ2) is 6.99. The molecule has 0 fully saturated rings. The molecule has 2 rings (SSSR count). The van der Waals surface area contributed by atoms with E-state index in [1.807, 2.05) is 6.07 Å². The molecule has 0 unspecified atom stereocenters. The number of hydrogen-bond donors (Lipinski definition) is 2. The third-order valence-electron chi connectivity index (χ3n) is 3.28. The van der Waals surface area contributed by atoms with Crippen molar-refractivity contribution in [2.45, 2.75) is 39.8 Å². The Bertz CT molecular complexity index is 686. The maximum Gasteiger partial charge on any atom is 0.338 e. The summed E-state index contributed by atoms with van der Waals surface area (Å²) >= 11 is 0. The van der Waals surface area contributed by atoms with E-state index in [1.54, 1.807) is 12.1 Å². The Morgan fingerprint density at radius 3 is 2.43 bits per heavy atom. The zero-order chi connectivity index (χ0) is 17.0. The van der Waals surface area contributed by atoms with Gasteiger partial charge in [0.2, 0.25) is 0 Å². The molecule has 8 nitrogen and oxygen atoms in total. The third-order valence-corrected chi connectivity index (χ3v) is 3.28. The van der Waals surface area contributed by atoms with Crippen LogP contribution in [0.15, 0.2) is 34.8 Å². The highest BCUT2D eigenvalue weighted by atomic mass is 16.4. The van der Waals surface area contributed by atoms with E-state index in [9.17, 15) is 9.90 Å². The summed E-state index contributed by atoms with van der Waals surface area (Å²) in [6, 6.07) is 5.62. The van der Waals surface area contributed by atoms with Gasteiger partial charge in [-0.25, -0.2) is 9.89 Å². The first-order chi connectivity index (χ1) is 10.9. The summed E-state index contributed by atoms with van der Waals surface area (Å²) in [5.41, 5.74) is 1.20. The summed E-state index contributed by atoms with van der Waals surface area (Å²) in [6.45, 7) is 8.27. The zero-order valence-electron chi connectivity index (χ0n) is 13.6. The average Bonchev–Trinajstić information content (AvgIpc) is 2.98. The first-order valence-corrected chi connectivity index (χ1v) is 7.33. The maximum atomic E-state index is 11.5. The van der Waals surface area contributed by atoms with E-state index in [0.717, 1.165) is 5.69 Å². The molecular formula is C15H20N6O2. The lowest BCUT2D eigenvalue weighted by Gasteiger charge is -2.33. The molecule has 1 aromatic carbocycles. The Kier molecular flexibility index (Phi) is 5.05. The lowest BCUT2D eigenvalue weighted by molar-refractivity contribution is 0.0697. The molecule has 0 saturated heterocycles. The van der Waals surface area contributed by atoms with Crippen molar-refractivity contribution in [2.24, 2.45) is 10.2 Å². The molecule has 0 aliphatic rings. The van der Waals surface area contributed by atoms with Gasteiger partial charge in [-0.2, -0.15) is 10.1 Å². The number of carbonyl (C=O) groups is 1. The van der Waals surface area contributed by atoms with Gasteiger partial charge in [-0.15, -0.1) is 10.2 Å². The smallest absolute Gasteiger partial charge is 0.338 e. The topological polar surface area (TPSA) is 107 Å². The quantitative estimate of drug-likeness (QED) is 0.793. The van der Waals surface area contributed by atoms with Gasteiger partial charge in [-0.1, -0.05) is 0 Å². The zero-order valence-corrected chi connectivity index (χ0v) is 13.6. The van der Waals surface area contributed by atoms with Crippen molar-refractivity contribution in [3.8, 4) is 0 Å². The molecule has 1 heterocycles. The van der Waals surface area contributed by atoms with Gasteiger partial charge in [0, 0.05) is 17.8 Å². The van der Waals surface area contributed by atoms with Crippen LogP contribution >= 0.6 is 0 Å². The monoisotopic (exact) mass is 316 g/mol. The van der Waals surface area contributed by atoms with Gasteiger partial charge in [-0.05, 0) is 45.9 Å². The molecule has 0 radical (unpaired) electrons. The van der Waals surface area contributed by atoms with Crippen LogP contribution in [0.3, 0.4) is 0 Å². The van der Waals surface area contributed by atoms with Crippen molar-refractivity contribution in [3.63, 3.8) is 0 Å². The Morgan fingerprint density at radius 1 is 1.22 bits per heavy atom. The molecule has 0 aliphatic carbocycles. The second-order valence-corrected chi connectivity index (χ2v) is 5.61. The number of nitrogens with zero attached hydrogens (tertiary/aromatic N) is 5. The molecule has 0 saturated carbocycles. The minimum atomic E-state index is -1.05. The van der Waals surface area contributed by atoms with Gasteiger partial charge in [0.25, 0.3) is 5.95 Å². The fourth-order valence-corrected chi connectivity index (χ4v) is 2.48. The van der Waals surface area contributed by atoms with E-state index in [4.69, 9.17) is 0 Å². The van der Waals surface area contributed by atoms with Crippen molar-refractivity contribution < 1.29 is 9.90 Å². The van der Waals surface area contributed by atoms with Gasteiger partial charge < -0.3 is 10.0 Å². The predicted octanol–water partition coefficient (Wildman–Crippen LogP) is 3.54. The van der Waals surface area contributed by atoms with Crippen LogP contribution in [0.1, 0.15) is 38.1 Å². The summed E-state index contributed by atoms with van der Waals surface area (Å²) in [4.78, 5) is 17.5. The number of nitrogens with one attached hydrogen (secondary N) is 1. The highest BCUT2D eigenvalue weighted by Crippen LogP contribution is 2.29. The molecule has 0 spiro atoms. The number of rotatable bonds is 6. The summed E-state index contributed by atoms with van der Waals surface area (Å²) in [6.07, 6.45) is 1.30. The second-order valence-electron chi connectivity index (χ2n) is 5.61. The minimum Gasteiger partial charge on any atom is -0.478 e. The number of hydrogen-bond acceptors (Lipinski definition) is 6. The van der Waals surface area contributed by atoms with E-state index in [2.05, 4.69) is 58.0 Å². The first-order valence-electron chi connectivity index (χ1n) is 7.33. The molecule has 0 atom stereocenters. The normalized spacial score (nSPS) is 11.6. The Morgan fingerprint density at radius 2 is 1.91 bits per heavy atom. The largest absolute Gasteiger partial charge is 0.478 e. The standard InChI is InChI=1S/C15H20N6O2/c1-9(2)21(10(3)4)11-5-6-13(12(7-11)14(22)23)18-20-15-16-8-17-19-15/h5-10H,1-4H3,(H,22,23)(H,16,17,19). The van der Waals surface area contributed by atoms with E-state index < -0.39 is 5.97 Å². The molecule has 0 amide bonds. The minimum absolute atomic E-state index is 0.0945. The molecule has 122 valence electrons. The van der Waals surface area contributed by atoms with Gasteiger partial charge in [-0.3, -0.25) is 0 Å². The highest BCUT2D eigenvalue weighted by molar-refractivity contribution is 5.94. The molecule has 2 N–H and O–H groups in total. The molecule has 0 bridgehead atoms. The fourth-order valence-electron chi connectivity index (χ4n) is 2.48. The number of aromatic nitrogens is 3. The van der Waals surface area contributed by atoms with Crippen LogP contribution in [0, 0.1) is 0 Å². The molecule has 2 aromatic rings. The highest BCUT2D eigenvalue weighted by Gasteiger charge is 2.18. The summed E-state index contributed by atoms with van der Waals surface area (Å²) in [5.74, 6) is -0.831. The molecule has 0 aliphatic heterocycles. The van der Waals surface area contributed by atoms with E-state index >= 15 is 0 Å². The van der Waals surface area contributed by atoms with Crippen LogP contribution in [0.5, 0.6) is 0 Å². The molecule has 1 aromatic heterocycles. The number of aromatic carboxylic acids is 1. The first kappa shape index (κ1) is 16.6. The van der Waals surface area contributed by atoms with Gasteiger partial charge >= 0.3 is 5.97 Å². The Balaban J connectivity index is 2.40. The Labute approximate surface area is 134 Å². The number of H-pyrrole nitrogens is 1. The SMILES string of the molecule is CC(C)N(c1ccc(N=Nc2ncn[nH]2)c(C(=O)O)c1)C(C)C. The van der Waals surface area contributed by atoms with Gasteiger partial charge in [0.05, 0.1) is 5.56 Å². The van der Waals surface area contributed by atoms with Crippen LogP contribution < -0.4 is 4.90 Å². The van der Waals surface area contributed by atoms with Crippen LogP contribution in [-0.4, -0.2) is 38.3 Å².